The number of nitrogens with zero attached hydrogens (tertiary/aromatic N) is 3. The Morgan fingerprint density at radius 3 is 2.11 bits per heavy atom. The second kappa shape index (κ2) is 16.9. The van der Waals surface area contributed by atoms with Gasteiger partial charge in [0.1, 0.15) is 30.5 Å². The second-order valence-corrected chi connectivity index (χ2v) is 13.1. The number of carbonyl (C=O) groups excluding carboxylic acids is 3. The van der Waals surface area contributed by atoms with Gasteiger partial charge in [0.15, 0.2) is 0 Å². The zero-order chi connectivity index (χ0) is 37.3. The number of methoxy groups -OCH3 is 1. The lowest BCUT2D eigenvalue weighted by Gasteiger charge is -2.33. The Labute approximate surface area is 310 Å². The van der Waals surface area contributed by atoms with Crippen LogP contribution in [0.4, 0.5) is 11.4 Å². The van der Waals surface area contributed by atoms with Gasteiger partial charge < -0.3 is 34.2 Å². The van der Waals surface area contributed by atoms with Crippen LogP contribution in [0.5, 0.6) is 17.2 Å². The van der Waals surface area contributed by atoms with Gasteiger partial charge in [-0.3, -0.25) is 14.4 Å². The SMILES string of the molecule is COc1ccc(COc2ccccc2C(=O)Nc2ccc(C(=O)N(C)c3ccc(OCc4ccc(C)cc4C(=O)N4CCN(C)CC4)cc3)cc2)cc1. The molecule has 0 aliphatic carbocycles. The Kier molecular flexibility index (Phi) is 11.7. The summed E-state index contributed by atoms with van der Waals surface area (Å²) < 4.78 is 17.3. The zero-order valence-electron chi connectivity index (χ0n) is 30.5. The number of anilines is 2. The van der Waals surface area contributed by atoms with Gasteiger partial charge in [-0.05, 0) is 98.4 Å². The number of likely N-dealkylation sites (N-methyl/N-ethyl adjacent to an activating group) is 1. The molecule has 0 bridgehead atoms. The number of nitrogens with one attached hydrogen (secondary N) is 1. The van der Waals surface area contributed by atoms with Crippen molar-refractivity contribution in [3.8, 4) is 17.2 Å². The average Bonchev–Trinajstić information content (AvgIpc) is 3.19. The number of benzene rings is 5. The van der Waals surface area contributed by atoms with Gasteiger partial charge in [0.05, 0.1) is 12.7 Å². The minimum absolute atomic E-state index is 0.0305. The molecule has 1 N–H and O–H groups in total. The van der Waals surface area contributed by atoms with E-state index < -0.39 is 0 Å². The smallest absolute Gasteiger partial charge is 0.259 e. The van der Waals surface area contributed by atoms with E-state index in [0.29, 0.717) is 59.3 Å². The van der Waals surface area contributed by atoms with Gasteiger partial charge in [0.25, 0.3) is 17.7 Å². The molecule has 0 unspecified atom stereocenters. The Bertz CT molecular complexity index is 2040. The van der Waals surface area contributed by atoms with E-state index in [2.05, 4.69) is 17.3 Å². The van der Waals surface area contributed by atoms with Crippen molar-refractivity contribution in [2.24, 2.45) is 0 Å². The van der Waals surface area contributed by atoms with Crippen molar-refractivity contribution in [1.29, 1.82) is 0 Å². The molecule has 5 aromatic rings. The van der Waals surface area contributed by atoms with Crippen LogP contribution in [0, 0.1) is 6.92 Å². The summed E-state index contributed by atoms with van der Waals surface area (Å²) in [5, 5.41) is 2.90. The quantitative estimate of drug-likeness (QED) is 0.148. The number of amides is 3. The minimum Gasteiger partial charge on any atom is -0.497 e. The summed E-state index contributed by atoms with van der Waals surface area (Å²) in [5.74, 6) is 1.34. The van der Waals surface area contributed by atoms with Crippen LogP contribution in [-0.2, 0) is 13.2 Å². The van der Waals surface area contributed by atoms with E-state index in [-0.39, 0.29) is 24.3 Å². The zero-order valence-corrected chi connectivity index (χ0v) is 30.5. The van der Waals surface area contributed by atoms with Gasteiger partial charge in [-0.2, -0.15) is 0 Å². The highest BCUT2D eigenvalue weighted by molar-refractivity contribution is 6.08. The number of carbonyl (C=O) groups is 3. The third kappa shape index (κ3) is 9.22. The molecule has 1 saturated heterocycles. The molecule has 0 atom stereocenters. The van der Waals surface area contributed by atoms with Crippen LogP contribution in [0.2, 0.25) is 0 Å². The van der Waals surface area contributed by atoms with Crippen molar-refractivity contribution in [2.75, 3.05) is 57.6 Å². The van der Waals surface area contributed by atoms with Gasteiger partial charge in [0.2, 0.25) is 0 Å². The molecule has 10 heteroatoms. The first kappa shape index (κ1) is 36.7. The number of piperazine rings is 1. The maximum atomic E-state index is 13.4. The summed E-state index contributed by atoms with van der Waals surface area (Å²) in [5.41, 5.74) is 5.56. The standard InChI is InChI=1S/C43H44N4O6/c1-30-9-12-33(39(27-30)43(50)47-25-23-45(2)24-26-47)29-52-37-21-17-35(18-22-37)46(3)42(49)32-13-15-34(16-14-32)44-41(48)38-7-5-6-8-40(38)53-28-31-10-19-36(51-4)20-11-31/h5-22,27H,23-26,28-29H2,1-4H3,(H,44,48). The highest BCUT2D eigenvalue weighted by Gasteiger charge is 2.23. The molecule has 0 spiro atoms. The van der Waals surface area contributed by atoms with Crippen molar-refractivity contribution < 1.29 is 28.6 Å². The van der Waals surface area contributed by atoms with Gasteiger partial charge in [-0.25, -0.2) is 0 Å². The van der Waals surface area contributed by atoms with Gasteiger partial charge >= 0.3 is 0 Å². The van der Waals surface area contributed by atoms with Crippen LogP contribution in [0.1, 0.15) is 47.8 Å². The molecule has 272 valence electrons. The number of aryl methyl sites for hydroxylation is 1. The second-order valence-electron chi connectivity index (χ2n) is 13.1. The monoisotopic (exact) mass is 712 g/mol. The molecule has 0 radical (unpaired) electrons. The molecule has 3 amide bonds. The number of rotatable bonds is 12. The number of hydrogen-bond acceptors (Lipinski definition) is 7. The lowest BCUT2D eigenvalue weighted by atomic mass is 10.0. The topological polar surface area (TPSA) is 101 Å². The number of ether oxygens (including phenoxy) is 3. The van der Waals surface area contributed by atoms with E-state index in [1.165, 1.54) is 0 Å². The Morgan fingerprint density at radius 1 is 0.736 bits per heavy atom. The van der Waals surface area contributed by atoms with E-state index in [1.807, 2.05) is 84.6 Å². The Morgan fingerprint density at radius 2 is 1.42 bits per heavy atom. The molecule has 5 aromatic carbocycles. The third-order valence-electron chi connectivity index (χ3n) is 9.28. The molecule has 1 heterocycles. The normalized spacial score (nSPS) is 12.9. The molecule has 1 fully saturated rings. The van der Waals surface area contributed by atoms with E-state index in [1.54, 1.807) is 61.5 Å². The fraction of sp³-hybridized carbons (Fsp3) is 0.233. The van der Waals surface area contributed by atoms with Crippen LogP contribution in [0.15, 0.2) is 115 Å². The molecular formula is C43H44N4O6. The lowest BCUT2D eigenvalue weighted by molar-refractivity contribution is 0.0661. The third-order valence-corrected chi connectivity index (χ3v) is 9.28. The van der Waals surface area contributed by atoms with Crippen LogP contribution >= 0.6 is 0 Å². The Hall–Kier alpha value is -6.13. The maximum Gasteiger partial charge on any atom is 0.259 e. The van der Waals surface area contributed by atoms with E-state index in [0.717, 1.165) is 35.5 Å². The fourth-order valence-electron chi connectivity index (χ4n) is 5.99. The lowest BCUT2D eigenvalue weighted by Crippen LogP contribution is -2.47. The van der Waals surface area contributed by atoms with Gasteiger partial charge in [-0.15, -0.1) is 0 Å². The minimum atomic E-state index is -0.325. The van der Waals surface area contributed by atoms with Crippen molar-refractivity contribution in [3.05, 3.63) is 149 Å². The number of hydrogen-bond donors (Lipinski definition) is 1. The van der Waals surface area contributed by atoms with Crippen LogP contribution < -0.4 is 24.4 Å². The first-order valence-corrected chi connectivity index (χ1v) is 17.5. The Balaban J connectivity index is 1.03. The molecular weight excluding hydrogens is 668 g/mol. The molecule has 6 rings (SSSR count). The summed E-state index contributed by atoms with van der Waals surface area (Å²) in [6.45, 7) is 5.64. The average molecular weight is 713 g/mol. The maximum absolute atomic E-state index is 13.4. The molecule has 1 aliphatic heterocycles. The largest absolute Gasteiger partial charge is 0.497 e. The van der Waals surface area contributed by atoms with Crippen molar-refractivity contribution in [2.45, 2.75) is 20.1 Å². The summed E-state index contributed by atoms with van der Waals surface area (Å²) in [6.07, 6.45) is 0. The highest BCUT2D eigenvalue weighted by atomic mass is 16.5. The van der Waals surface area contributed by atoms with Crippen molar-refractivity contribution in [3.63, 3.8) is 0 Å². The van der Waals surface area contributed by atoms with Crippen LogP contribution in [-0.4, -0.2) is 74.9 Å². The fourth-order valence-corrected chi connectivity index (χ4v) is 5.99. The van der Waals surface area contributed by atoms with Crippen LogP contribution in [0.25, 0.3) is 0 Å². The van der Waals surface area contributed by atoms with Crippen LogP contribution in [0.3, 0.4) is 0 Å². The summed E-state index contributed by atoms with van der Waals surface area (Å²) in [7, 11) is 5.39. The van der Waals surface area contributed by atoms with E-state index in [9.17, 15) is 14.4 Å². The summed E-state index contributed by atoms with van der Waals surface area (Å²) in [6, 6.07) is 34.5. The van der Waals surface area contributed by atoms with E-state index >= 15 is 0 Å². The van der Waals surface area contributed by atoms with E-state index in [4.69, 9.17) is 14.2 Å². The predicted octanol–water partition coefficient (Wildman–Crippen LogP) is 7.08. The summed E-state index contributed by atoms with van der Waals surface area (Å²) >= 11 is 0. The van der Waals surface area contributed by atoms with Gasteiger partial charge in [0, 0.05) is 61.3 Å². The number of para-hydroxylation sites is 1. The molecule has 0 saturated carbocycles. The molecule has 1 aliphatic rings. The first-order valence-electron chi connectivity index (χ1n) is 17.5. The molecule has 53 heavy (non-hydrogen) atoms. The van der Waals surface area contributed by atoms with Crippen molar-refractivity contribution >= 4 is 29.1 Å². The van der Waals surface area contributed by atoms with Crippen molar-refractivity contribution in [1.82, 2.24) is 9.80 Å². The molecule has 10 nitrogen and oxygen atoms in total. The highest BCUT2D eigenvalue weighted by Crippen LogP contribution is 2.25. The predicted molar refractivity (Wildman–Crippen MR) is 206 cm³/mol. The van der Waals surface area contributed by atoms with Gasteiger partial charge in [-0.1, -0.05) is 42.0 Å². The summed E-state index contributed by atoms with van der Waals surface area (Å²) in [4.78, 5) is 45.7. The first-order chi connectivity index (χ1) is 25.7. The molecule has 0 aromatic heterocycles.